The largest absolute Gasteiger partial charge is 0.495 e. The molecule has 4 rings (SSSR count). The number of benzene rings is 2. The lowest BCUT2D eigenvalue weighted by Crippen LogP contribution is -2.47. The molecule has 26 heavy (non-hydrogen) atoms. The Bertz CT molecular complexity index is 930. The summed E-state index contributed by atoms with van der Waals surface area (Å²) < 4.78 is 5.52. The third kappa shape index (κ3) is 3.07. The first-order valence-corrected chi connectivity index (χ1v) is 9.16. The normalized spacial score (nSPS) is 14.7. The zero-order valence-electron chi connectivity index (χ0n) is 15.7. The van der Waals surface area contributed by atoms with Gasteiger partial charge in [-0.3, -0.25) is 0 Å². The van der Waals surface area contributed by atoms with Crippen molar-refractivity contribution in [2.75, 3.05) is 43.1 Å². The Balaban J connectivity index is 1.56. The Kier molecular flexibility index (Phi) is 4.41. The van der Waals surface area contributed by atoms with Crippen molar-refractivity contribution in [3.05, 3.63) is 59.7 Å². The van der Waals surface area contributed by atoms with E-state index in [1.165, 1.54) is 22.2 Å². The SMILES string of the molecule is COc1ccccc1N1CCN(c2nc3cc(C)ccc3cc2C)CC1. The highest BCUT2D eigenvalue weighted by atomic mass is 16.5. The second kappa shape index (κ2) is 6.87. The number of ether oxygens (including phenoxy) is 1. The van der Waals surface area contributed by atoms with Gasteiger partial charge in [0, 0.05) is 31.6 Å². The van der Waals surface area contributed by atoms with Crippen LogP contribution in [0, 0.1) is 13.8 Å². The maximum Gasteiger partial charge on any atom is 0.142 e. The fourth-order valence-corrected chi connectivity index (χ4v) is 3.74. The molecule has 134 valence electrons. The number of pyridine rings is 1. The van der Waals surface area contributed by atoms with E-state index in [1.807, 2.05) is 12.1 Å². The van der Waals surface area contributed by atoms with Gasteiger partial charge >= 0.3 is 0 Å². The number of para-hydroxylation sites is 2. The number of methoxy groups -OCH3 is 1. The number of hydrogen-bond acceptors (Lipinski definition) is 4. The van der Waals surface area contributed by atoms with Crippen molar-refractivity contribution in [3.63, 3.8) is 0 Å². The van der Waals surface area contributed by atoms with Gasteiger partial charge in [-0.1, -0.05) is 24.3 Å². The molecule has 0 aliphatic carbocycles. The molecule has 4 heteroatoms. The number of nitrogens with zero attached hydrogens (tertiary/aromatic N) is 3. The zero-order valence-corrected chi connectivity index (χ0v) is 15.7. The standard InChI is InChI=1S/C22H25N3O/c1-16-8-9-18-15-17(2)22(23-19(18)14-16)25-12-10-24(11-13-25)20-6-4-5-7-21(20)26-3/h4-9,14-15H,10-13H2,1-3H3. The first-order chi connectivity index (χ1) is 12.7. The second-order valence-electron chi connectivity index (χ2n) is 6.97. The topological polar surface area (TPSA) is 28.6 Å². The molecule has 0 saturated carbocycles. The highest BCUT2D eigenvalue weighted by Gasteiger charge is 2.21. The predicted octanol–water partition coefficient (Wildman–Crippen LogP) is 4.19. The molecule has 2 aromatic carbocycles. The Morgan fingerprint density at radius 2 is 1.62 bits per heavy atom. The smallest absolute Gasteiger partial charge is 0.142 e. The van der Waals surface area contributed by atoms with Crippen molar-refractivity contribution in [3.8, 4) is 5.75 Å². The molecule has 0 amide bonds. The summed E-state index contributed by atoms with van der Waals surface area (Å²) in [6.45, 7) is 8.13. The van der Waals surface area contributed by atoms with E-state index < -0.39 is 0 Å². The Labute approximate surface area is 155 Å². The van der Waals surface area contributed by atoms with Gasteiger partial charge in [0.25, 0.3) is 0 Å². The molecule has 1 aromatic heterocycles. The van der Waals surface area contributed by atoms with Crippen LogP contribution in [0.5, 0.6) is 5.75 Å². The van der Waals surface area contributed by atoms with Crippen molar-refractivity contribution >= 4 is 22.4 Å². The van der Waals surface area contributed by atoms with Gasteiger partial charge in [0.1, 0.15) is 11.6 Å². The average Bonchev–Trinajstić information content (AvgIpc) is 2.68. The quantitative estimate of drug-likeness (QED) is 0.710. The van der Waals surface area contributed by atoms with Gasteiger partial charge < -0.3 is 14.5 Å². The number of piperazine rings is 1. The molecule has 4 nitrogen and oxygen atoms in total. The summed E-state index contributed by atoms with van der Waals surface area (Å²) in [7, 11) is 1.74. The number of fused-ring (bicyclic) bond motifs is 1. The molecule has 0 spiro atoms. The Morgan fingerprint density at radius 1 is 0.885 bits per heavy atom. The van der Waals surface area contributed by atoms with Crippen LogP contribution in [0.1, 0.15) is 11.1 Å². The first-order valence-electron chi connectivity index (χ1n) is 9.16. The van der Waals surface area contributed by atoms with E-state index in [-0.39, 0.29) is 0 Å². The zero-order chi connectivity index (χ0) is 18.1. The van der Waals surface area contributed by atoms with E-state index in [4.69, 9.17) is 9.72 Å². The minimum absolute atomic E-state index is 0.941. The van der Waals surface area contributed by atoms with Crippen LogP contribution >= 0.6 is 0 Å². The van der Waals surface area contributed by atoms with Gasteiger partial charge in [0.2, 0.25) is 0 Å². The van der Waals surface area contributed by atoms with Crippen LogP contribution in [0.3, 0.4) is 0 Å². The first kappa shape index (κ1) is 16.7. The van der Waals surface area contributed by atoms with E-state index in [0.29, 0.717) is 0 Å². The minimum Gasteiger partial charge on any atom is -0.495 e. The second-order valence-corrected chi connectivity index (χ2v) is 6.97. The molecule has 0 radical (unpaired) electrons. The van der Waals surface area contributed by atoms with Crippen LogP contribution in [0.15, 0.2) is 48.5 Å². The van der Waals surface area contributed by atoms with Crippen molar-refractivity contribution in [2.24, 2.45) is 0 Å². The molecular formula is C22H25N3O. The van der Waals surface area contributed by atoms with Gasteiger partial charge in [-0.2, -0.15) is 0 Å². The van der Waals surface area contributed by atoms with Crippen molar-refractivity contribution in [2.45, 2.75) is 13.8 Å². The third-order valence-corrected chi connectivity index (χ3v) is 5.14. The fraction of sp³-hybridized carbons (Fsp3) is 0.318. The van der Waals surface area contributed by atoms with Crippen LogP contribution in [0.2, 0.25) is 0 Å². The van der Waals surface area contributed by atoms with Gasteiger partial charge in [-0.25, -0.2) is 4.98 Å². The monoisotopic (exact) mass is 347 g/mol. The lowest BCUT2D eigenvalue weighted by atomic mass is 10.1. The molecule has 1 aliphatic rings. The third-order valence-electron chi connectivity index (χ3n) is 5.14. The summed E-state index contributed by atoms with van der Waals surface area (Å²) in [5, 5.41) is 1.21. The number of hydrogen-bond donors (Lipinski definition) is 0. The van der Waals surface area contributed by atoms with Gasteiger partial charge in [-0.05, 0) is 49.2 Å². The molecule has 0 N–H and O–H groups in total. The molecule has 0 unspecified atom stereocenters. The van der Waals surface area contributed by atoms with Crippen LogP contribution in [-0.4, -0.2) is 38.3 Å². The van der Waals surface area contributed by atoms with E-state index in [2.05, 4.69) is 60.0 Å². The molecule has 0 bridgehead atoms. The van der Waals surface area contributed by atoms with E-state index in [9.17, 15) is 0 Å². The molecule has 2 heterocycles. The maximum atomic E-state index is 5.52. The number of anilines is 2. The van der Waals surface area contributed by atoms with Crippen LogP contribution in [0.4, 0.5) is 11.5 Å². The lowest BCUT2D eigenvalue weighted by molar-refractivity contribution is 0.413. The number of aryl methyl sites for hydroxylation is 2. The minimum atomic E-state index is 0.941. The summed E-state index contributed by atoms with van der Waals surface area (Å²) in [6, 6.07) is 17.0. The Morgan fingerprint density at radius 3 is 2.38 bits per heavy atom. The molecule has 0 atom stereocenters. The number of aromatic nitrogens is 1. The van der Waals surface area contributed by atoms with E-state index in [0.717, 1.165) is 43.3 Å². The van der Waals surface area contributed by atoms with Crippen molar-refractivity contribution in [1.82, 2.24) is 4.98 Å². The summed E-state index contributed by atoms with van der Waals surface area (Å²) in [5.74, 6) is 2.05. The number of rotatable bonds is 3. The molecule has 1 fully saturated rings. The van der Waals surface area contributed by atoms with Crippen molar-refractivity contribution in [1.29, 1.82) is 0 Å². The van der Waals surface area contributed by atoms with Gasteiger partial charge in [0.05, 0.1) is 18.3 Å². The lowest BCUT2D eigenvalue weighted by Gasteiger charge is -2.37. The maximum absolute atomic E-state index is 5.52. The fourth-order valence-electron chi connectivity index (χ4n) is 3.74. The molecule has 3 aromatic rings. The summed E-state index contributed by atoms with van der Waals surface area (Å²) in [6.07, 6.45) is 0. The van der Waals surface area contributed by atoms with E-state index >= 15 is 0 Å². The summed E-state index contributed by atoms with van der Waals surface area (Å²) in [5.41, 5.74) is 4.75. The Hall–Kier alpha value is -2.75. The predicted molar refractivity (Wildman–Crippen MR) is 109 cm³/mol. The van der Waals surface area contributed by atoms with Gasteiger partial charge in [-0.15, -0.1) is 0 Å². The highest BCUT2D eigenvalue weighted by Crippen LogP contribution is 2.30. The van der Waals surface area contributed by atoms with Crippen LogP contribution < -0.4 is 14.5 Å². The van der Waals surface area contributed by atoms with Gasteiger partial charge in [0.15, 0.2) is 0 Å². The summed E-state index contributed by atoms with van der Waals surface area (Å²) in [4.78, 5) is 9.78. The molecular weight excluding hydrogens is 322 g/mol. The van der Waals surface area contributed by atoms with Crippen LogP contribution in [-0.2, 0) is 0 Å². The van der Waals surface area contributed by atoms with Crippen molar-refractivity contribution < 1.29 is 4.74 Å². The molecule has 1 aliphatic heterocycles. The average molecular weight is 347 g/mol. The van der Waals surface area contributed by atoms with Crippen LogP contribution in [0.25, 0.3) is 10.9 Å². The highest BCUT2D eigenvalue weighted by molar-refractivity contribution is 5.82. The summed E-state index contributed by atoms with van der Waals surface area (Å²) >= 11 is 0. The molecule has 1 saturated heterocycles. The van der Waals surface area contributed by atoms with E-state index in [1.54, 1.807) is 7.11 Å².